The van der Waals surface area contributed by atoms with Crippen molar-refractivity contribution in [3.8, 4) is 64.5 Å². The highest BCUT2D eigenvalue weighted by atomic mass is 32.2. The number of nitrogens with zero attached hydrogens (tertiary/aromatic N) is 22. The van der Waals surface area contributed by atoms with E-state index in [9.17, 15) is 14.4 Å². The molecule has 12 aromatic heterocycles. The van der Waals surface area contributed by atoms with Crippen molar-refractivity contribution in [1.82, 2.24) is 64.7 Å². The number of hydrogen-bond acceptors (Lipinski definition) is 28. The third kappa shape index (κ3) is 25.3. The minimum Gasteiger partial charge on any atom is -0.370 e. The number of pyridine rings is 8. The van der Waals surface area contributed by atoms with Crippen molar-refractivity contribution >= 4 is 167 Å². The summed E-state index contributed by atoms with van der Waals surface area (Å²) in [5.74, 6) is 5.50. The fourth-order valence-electron chi connectivity index (χ4n) is 18.3. The molecule has 144 heavy (non-hydrogen) atoms. The number of carbonyl (C=O) groups excluding carboxylic acids is 3. The Bertz CT molecular complexity index is 6660. The van der Waals surface area contributed by atoms with E-state index in [0.29, 0.717) is 26.2 Å². The molecule has 9 aliphatic rings. The van der Waals surface area contributed by atoms with Crippen molar-refractivity contribution < 1.29 is 19.1 Å². The molecule has 16 aromatic rings. The standard InChI is InChI=1S/C21H23N5OS.2C21H18N4S.C20H21N5OS.C20H20N4O2S.5C2H6/c1-24-10-11-26(20(27)14-24)16-5-6-18-17(12-16)23-21(28-18)15-4-7-19(22-13-15)25-8-2-3-9-25;2*1-2-11-25(10-1)20-8-6-17(14-23-20)21-24-18-12-15(5-7-19(18)26-21)16-4-3-9-22-13-16;26-20-18-16(7-11-25(20)15-4-3-8-21-13-15)27-19(23-18)14-5-6-17(22-12-14)24-9-1-2-10-24;25-19-13-26-10-9-24(19)15-4-5-17-16(11-15)22-20(27-17)14-3-6-18(21-12-14)23-7-1-2-8-23;5*1-2/h4-7,12-13H,2-3,8-11,14H2,1H3;2*3-9,12-14H,1-2,10-11H2;3-6,8,12-13,16,18H,1-2,7,9-11H2;3-6,11-12H,1-2,7-10,13H2;5*1-2H3. The lowest BCUT2D eigenvalue weighted by atomic mass is 10.0. The van der Waals surface area contributed by atoms with Crippen LogP contribution in [-0.2, 0) is 19.1 Å². The van der Waals surface area contributed by atoms with Crippen LogP contribution < -0.4 is 39.2 Å². The predicted octanol–water partition coefficient (Wildman–Crippen LogP) is 24.5. The number of amides is 3. The van der Waals surface area contributed by atoms with Gasteiger partial charge in [-0.1, -0.05) is 105 Å². The monoisotopic (exact) mass is 2020 g/mol. The SMILES string of the molecule is CC.CC.CC.CC.CC.CN1CCN(c2ccc3sc(-c4ccc(N5CCCC5)nc4)nc3c2)C(=O)C1.O=C1C2N=C(c3ccc(N4CCCC4)nc3)SC2CCN1c1cccnc1.O=C1COCCN1c1ccc2sc(-c3ccc(N4CCCC4)nc3)nc2c1.c1cncc(-c2ccc3sc(-c4ccc(N5CCCC5)nc4)nc3c2)c1.c1cncc(-c2ccc3sc(-c4ccc(N5CCCC5)nc4)nc3c2)c1. The van der Waals surface area contributed by atoms with Gasteiger partial charge in [0.25, 0.3) is 11.8 Å². The first-order valence-corrected chi connectivity index (χ1v) is 55.5. The Kier molecular flexibility index (Phi) is 37.1. The van der Waals surface area contributed by atoms with Gasteiger partial charge in [-0.15, -0.1) is 45.3 Å². The number of aromatic nitrogens is 12. The Morgan fingerprint density at radius 3 is 1.00 bits per heavy atom. The molecule has 0 saturated carbocycles. The molecular weight excluding hydrogens is 1890 g/mol. The van der Waals surface area contributed by atoms with E-state index in [4.69, 9.17) is 29.7 Å². The molecule has 31 heteroatoms. The lowest BCUT2D eigenvalue weighted by molar-refractivity contribution is -0.125. The average Bonchev–Trinajstić information content (AvgIpc) is 1.62. The third-order valence-corrected chi connectivity index (χ3v) is 31.3. The Balaban J connectivity index is 0.000000126. The number of rotatable bonds is 15. The number of ether oxygens (including phenoxy) is 1. The van der Waals surface area contributed by atoms with E-state index in [-0.39, 0.29) is 35.6 Å². The number of piperidine rings is 1. The summed E-state index contributed by atoms with van der Waals surface area (Å²) >= 11 is 8.46. The van der Waals surface area contributed by atoms with Crippen LogP contribution in [0.3, 0.4) is 0 Å². The van der Waals surface area contributed by atoms with Gasteiger partial charge in [0.15, 0.2) is 0 Å². The maximum absolute atomic E-state index is 13.0. The van der Waals surface area contributed by atoms with Gasteiger partial charge in [0.2, 0.25) is 5.91 Å². The Morgan fingerprint density at radius 2 is 0.660 bits per heavy atom. The number of morpholine rings is 1. The van der Waals surface area contributed by atoms with Gasteiger partial charge in [0.1, 0.15) is 66.8 Å². The minimum absolute atomic E-state index is 0.00208. The first kappa shape index (κ1) is 104. The van der Waals surface area contributed by atoms with Crippen LogP contribution in [0.2, 0.25) is 0 Å². The molecule has 0 radical (unpaired) electrons. The van der Waals surface area contributed by atoms with Crippen molar-refractivity contribution in [2.45, 2.75) is 151 Å². The van der Waals surface area contributed by atoms with Crippen LogP contribution in [0.25, 0.3) is 105 Å². The average molecular weight is 2020 g/mol. The van der Waals surface area contributed by atoms with Crippen molar-refractivity contribution in [3.05, 3.63) is 244 Å². The zero-order chi connectivity index (χ0) is 100. The highest BCUT2D eigenvalue weighted by Gasteiger charge is 2.43. The molecule has 9 aliphatic heterocycles. The maximum atomic E-state index is 13.0. The summed E-state index contributed by atoms with van der Waals surface area (Å²) in [7, 11) is 1.98. The summed E-state index contributed by atoms with van der Waals surface area (Å²) in [4.78, 5) is 116. The molecule has 21 heterocycles. The van der Waals surface area contributed by atoms with E-state index in [2.05, 4.69) is 185 Å². The van der Waals surface area contributed by atoms with E-state index in [0.717, 1.165) is 238 Å². The highest BCUT2D eigenvalue weighted by Crippen LogP contribution is 2.42. The van der Waals surface area contributed by atoms with Crippen LogP contribution in [-0.4, -0.2) is 217 Å². The van der Waals surface area contributed by atoms with Gasteiger partial charge < -0.3 is 43.9 Å². The molecule has 8 saturated heterocycles. The van der Waals surface area contributed by atoms with Gasteiger partial charge in [-0.2, -0.15) is 0 Å². The van der Waals surface area contributed by atoms with Gasteiger partial charge >= 0.3 is 0 Å². The molecular formula is C113H130N22O4S5. The number of thiazole rings is 4. The summed E-state index contributed by atoms with van der Waals surface area (Å²) in [5.41, 5.74) is 16.3. The molecule has 4 aromatic carbocycles. The first-order valence-electron chi connectivity index (χ1n) is 51.3. The topological polar surface area (TPSA) is 257 Å². The van der Waals surface area contributed by atoms with Gasteiger partial charge in [-0.05, 0) is 234 Å². The quantitative estimate of drug-likeness (QED) is 0.0924. The van der Waals surface area contributed by atoms with E-state index in [1.54, 1.807) is 86.8 Å². The molecule has 746 valence electrons. The molecule has 3 amide bonds. The normalized spacial score (nSPS) is 16.9. The van der Waals surface area contributed by atoms with Crippen molar-refractivity contribution in [3.63, 3.8) is 0 Å². The summed E-state index contributed by atoms with van der Waals surface area (Å²) < 4.78 is 9.83. The number of carbonyl (C=O) groups is 3. The lowest BCUT2D eigenvalue weighted by Crippen LogP contribution is -2.48. The van der Waals surface area contributed by atoms with Crippen molar-refractivity contribution in [1.29, 1.82) is 0 Å². The Hall–Kier alpha value is -13.0. The van der Waals surface area contributed by atoms with Crippen LogP contribution in [0.4, 0.5) is 46.2 Å². The summed E-state index contributed by atoms with van der Waals surface area (Å²) in [6, 6.07) is 57.6. The lowest BCUT2D eigenvalue weighted by Gasteiger charge is -2.32. The summed E-state index contributed by atoms with van der Waals surface area (Å²) in [5, 5.41) is 5.12. The van der Waals surface area contributed by atoms with E-state index in [1.165, 1.54) is 73.6 Å². The van der Waals surface area contributed by atoms with Crippen LogP contribution in [0.15, 0.2) is 243 Å². The minimum atomic E-state index is -0.308. The molecule has 0 bridgehead atoms. The second kappa shape index (κ2) is 51.5. The zero-order valence-corrected chi connectivity index (χ0v) is 88.6. The first-order chi connectivity index (χ1) is 71.0. The molecule has 0 spiro atoms. The van der Waals surface area contributed by atoms with Gasteiger partial charge in [-0.25, -0.2) is 44.9 Å². The van der Waals surface area contributed by atoms with Gasteiger partial charge in [-0.3, -0.25) is 39.2 Å². The van der Waals surface area contributed by atoms with E-state index < -0.39 is 0 Å². The van der Waals surface area contributed by atoms with Crippen LogP contribution in [0, 0.1) is 0 Å². The summed E-state index contributed by atoms with van der Waals surface area (Å²) in [6.07, 6.45) is 33.9. The van der Waals surface area contributed by atoms with Crippen molar-refractivity contribution in [2.75, 3.05) is 158 Å². The fourth-order valence-corrected chi connectivity index (χ4v) is 23.3. The zero-order valence-electron chi connectivity index (χ0n) is 84.5. The molecule has 8 fully saturated rings. The second-order valence-corrected chi connectivity index (χ2v) is 40.0. The number of fused-ring (bicyclic) bond motifs is 5. The number of aliphatic imine (C=N–C) groups is 1. The number of benzene rings is 4. The predicted molar refractivity (Wildman–Crippen MR) is 602 cm³/mol. The highest BCUT2D eigenvalue weighted by molar-refractivity contribution is 8.15. The molecule has 2 atom stereocenters. The maximum Gasteiger partial charge on any atom is 0.253 e. The number of anilines is 8. The number of hydrogen-bond donors (Lipinski definition) is 0. The Morgan fingerprint density at radius 1 is 0.312 bits per heavy atom. The number of piperazine rings is 1. The molecule has 25 rings (SSSR count). The molecule has 0 aliphatic carbocycles. The fraction of sp³-hybridized carbons (Fsp3) is 0.363. The molecule has 2 unspecified atom stereocenters. The molecule has 0 N–H and O–H groups in total. The molecule has 26 nitrogen and oxygen atoms in total. The Labute approximate surface area is 866 Å². The smallest absolute Gasteiger partial charge is 0.253 e. The second-order valence-electron chi connectivity index (χ2n) is 34.6. The number of thioether (sulfide) groups is 1. The van der Waals surface area contributed by atoms with Crippen LogP contribution in [0.5, 0.6) is 0 Å². The van der Waals surface area contributed by atoms with E-state index >= 15 is 0 Å². The van der Waals surface area contributed by atoms with Crippen LogP contribution in [0.1, 0.15) is 145 Å². The number of likely N-dealkylation sites (N-methyl/N-ethyl adjacent to an activating group) is 1. The van der Waals surface area contributed by atoms with Gasteiger partial charge in [0, 0.05) is 209 Å². The largest absolute Gasteiger partial charge is 0.370 e. The van der Waals surface area contributed by atoms with Gasteiger partial charge in [0.05, 0.1) is 65.9 Å². The van der Waals surface area contributed by atoms with Crippen molar-refractivity contribution in [2.24, 2.45) is 4.99 Å². The third-order valence-electron chi connectivity index (χ3n) is 25.6. The summed E-state index contributed by atoms with van der Waals surface area (Å²) in [6.45, 7) is 35.1. The van der Waals surface area contributed by atoms with Crippen LogP contribution >= 0.6 is 57.1 Å². The van der Waals surface area contributed by atoms with E-state index in [1.807, 2.05) is 184 Å².